The first-order chi connectivity index (χ1) is 14.7. The zero-order valence-electron chi connectivity index (χ0n) is 17.8. The molecule has 2 fully saturated rings. The molecular formula is C21H33N5O4. The van der Waals surface area contributed by atoms with Crippen LogP contribution in [0.15, 0.2) is 24.3 Å². The number of para-hydroxylation sites is 2. The molecule has 2 aliphatic heterocycles. The van der Waals surface area contributed by atoms with Crippen LogP contribution in [-0.4, -0.2) is 107 Å². The van der Waals surface area contributed by atoms with Crippen molar-refractivity contribution in [2.24, 2.45) is 0 Å². The monoisotopic (exact) mass is 419 g/mol. The van der Waals surface area contributed by atoms with E-state index in [-0.39, 0.29) is 0 Å². The van der Waals surface area contributed by atoms with Crippen LogP contribution in [-0.2, 0) is 14.3 Å². The van der Waals surface area contributed by atoms with Crippen molar-refractivity contribution in [3.05, 3.63) is 24.3 Å². The Morgan fingerprint density at radius 1 is 0.900 bits per heavy atom. The number of carbonyl (C=O) groups excluding carboxylic acids is 2. The second kappa shape index (κ2) is 11.7. The molecule has 0 unspecified atom stereocenters. The first kappa shape index (κ1) is 22.3. The third kappa shape index (κ3) is 6.58. The van der Waals surface area contributed by atoms with Gasteiger partial charge in [0.15, 0.2) is 0 Å². The zero-order chi connectivity index (χ0) is 21.2. The number of nitrogens with zero attached hydrogens (tertiary/aromatic N) is 3. The van der Waals surface area contributed by atoms with Gasteiger partial charge in [-0.1, -0.05) is 12.1 Å². The number of hydrogen-bond donors (Lipinski definition) is 2. The van der Waals surface area contributed by atoms with E-state index in [9.17, 15) is 9.59 Å². The number of anilines is 1. The van der Waals surface area contributed by atoms with Gasteiger partial charge in [-0.3, -0.25) is 19.4 Å². The Balaban J connectivity index is 1.29. The van der Waals surface area contributed by atoms with Crippen molar-refractivity contribution in [2.75, 3.05) is 90.7 Å². The Hall–Kier alpha value is -2.36. The van der Waals surface area contributed by atoms with Crippen LogP contribution < -0.4 is 20.3 Å². The van der Waals surface area contributed by atoms with E-state index in [1.165, 1.54) is 0 Å². The highest BCUT2D eigenvalue weighted by Gasteiger charge is 2.20. The van der Waals surface area contributed by atoms with Crippen LogP contribution in [0.2, 0.25) is 0 Å². The molecule has 9 nitrogen and oxygen atoms in total. The Labute approximate surface area is 178 Å². The fraction of sp³-hybridized carbons (Fsp3) is 0.619. The van der Waals surface area contributed by atoms with Crippen molar-refractivity contribution in [3.8, 4) is 5.75 Å². The molecule has 0 aliphatic carbocycles. The summed E-state index contributed by atoms with van der Waals surface area (Å²) in [6, 6.07) is 8.04. The molecule has 0 atom stereocenters. The summed E-state index contributed by atoms with van der Waals surface area (Å²) in [6.45, 7) is 9.18. The van der Waals surface area contributed by atoms with Crippen LogP contribution in [0.3, 0.4) is 0 Å². The average molecular weight is 420 g/mol. The van der Waals surface area contributed by atoms with Gasteiger partial charge in [-0.2, -0.15) is 0 Å². The van der Waals surface area contributed by atoms with Crippen molar-refractivity contribution in [1.82, 2.24) is 20.4 Å². The topological polar surface area (TPSA) is 86.4 Å². The molecule has 30 heavy (non-hydrogen) atoms. The van der Waals surface area contributed by atoms with Gasteiger partial charge >= 0.3 is 11.8 Å². The molecule has 2 aliphatic rings. The predicted octanol–water partition coefficient (Wildman–Crippen LogP) is -0.618. The summed E-state index contributed by atoms with van der Waals surface area (Å²) in [6.07, 6.45) is 0. The second-order valence-electron chi connectivity index (χ2n) is 7.47. The standard InChI is InChI=1S/C21H33N5O4/c1-29-19-5-3-2-4-18(19)26-12-10-24(11-13-26)8-6-22-20(27)21(28)23-7-9-25-14-16-30-17-15-25/h2-5H,6-17H2,1H3,(H,22,27)(H,23,28). The first-order valence-corrected chi connectivity index (χ1v) is 10.6. The molecule has 9 heteroatoms. The van der Waals surface area contributed by atoms with Gasteiger partial charge in [0.1, 0.15) is 5.75 Å². The third-order valence-corrected chi connectivity index (χ3v) is 5.54. The minimum atomic E-state index is -0.566. The van der Waals surface area contributed by atoms with Crippen molar-refractivity contribution in [2.45, 2.75) is 0 Å². The number of rotatable bonds is 8. The molecular weight excluding hydrogens is 386 g/mol. The second-order valence-corrected chi connectivity index (χ2v) is 7.47. The van der Waals surface area contributed by atoms with Gasteiger partial charge in [0.05, 0.1) is 26.0 Å². The molecule has 3 rings (SSSR count). The average Bonchev–Trinajstić information content (AvgIpc) is 2.80. The third-order valence-electron chi connectivity index (χ3n) is 5.54. The maximum absolute atomic E-state index is 12.0. The Kier molecular flexibility index (Phi) is 8.73. The molecule has 2 heterocycles. The highest BCUT2D eigenvalue weighted by atomic mass is 16.5. The van der Waals surface area contributed by atoms with Gasteiger partial charge < -0.3 is 25.0 Å². The lowest BCUT2D eigenvalue weighted by atomic mass is 10.2. The van der Waals surface area contributed by atoms with Gasteiger partial charge in [-0.25, -0.2) is 0 Å². The van der Waals surface area contributed by atoms with E-state index in [2.05, 4.69) is 31.4 Å². The number of amides is 2. The van der Waals surface area contributed by atoms with Crippen LogP contribution >= 0.6 is 0 Å². The van der Waals surface area contributed by atoms with Crippen molar-refractivity contribution in [3.63, 3.8) is 0 Å². The normalized spacial score (nSPS) is 18.1. The van der Waals surface area contributed by atoms with Crippen LogP contribution in [0, 0.1) is 0 Å². The molecule has 1 aromatic carbocycles. The SMILES string of the molecule is COc1ccccc1N1CCN(CCNC(=O)C(=O)NCCN2CCOCC2)CC1. The fourth-order valence-electron chi connectivity index (χ4n) is 3.74. The number of hydrogen-bond acceptors (Lipinski definition) is 7. The maximum atomic E-state index is 12.0. The largest absolute Gasteiger partial charge is 0.495 e. The number of ether oxygens (including phenoxy) is 2. The minimum absolute atomic E-state index is 0.463. The molecule has 166 valence electrons. The molecule has 0 aromatic heterocycles. The zero-order valence-corrected chi connectivity index (χ0v) is 17.8. The lowest BCUT2D eigenvalue weighted by Crippen LogP contribution is -2.50. The number of methoxy groups -OCH3 is 1. The van der Waals surface area contributed by atoms with Gasteiger partial charge in [0.2, 0.25) is 0 Å². The minimum Gasteiger partial charge on any atom is -0.495 e. The molecule has 1 aromatic rings. The molecule has 0 spiro atoms. The van der Waals surface area contributed by atoms with Crippen molar-refractivity contribution in [1.29, 1.82) is 0 Å². The molecule has 2 amide bonds. The van der Waals surface area contributed by atoms with E-state index >= 15 is 0 Å². The smallest absolute Gasteiger partial charge is 0.309 e. The summed E-state index contributed by atoms with van der Waals surface area (Å²) < 4.78 is 10.7. The summed E-state index contributed by atoms with van der Waals surface area (Å²) in [5.74, 6) is -0.244. The molecule has 2 saturated heterocycles. The van der Waals surface area contributed by atoms with E-state index < -0.39 is 11.8 Å². The first-order valence-electron chi connectivity index (χ1n) is 10.6. The molecule has 0 bridgehead atoms. The molecule has 2 N–H and O–H groups in total. The number of morpholine rings is 1. The Morgan fingerprint density at radius 3 is 2.07 bits per heavy atom. The fourth-order valence-corrected chi connectivity index (χ4v) is 3.74. The van der Waals surface area contributed by atoms with Crippen LogP contribution in [0.4, 0.5) is 5.69 Å². The van der Waals surface area contributed by atoms with Crippen LogP contribution in [0.1, 0.15) is 0 Å². The number of nitrogens with one attached hydrogen (secondary N) is 2. The summed E-state index contributed by atoms with van der Waals surface area (Å²) in [7, 11) is 1.69. The quantitative estimate of drug-likeness (QED) is 0.543. The summed E-state index contributed by atoms with van der Waals surface area (Å²) in [5.41, 5.74) is 1.11. The predicted molar refractivity (Wildman–Crippen MR) is 115 cm³/mol. The highest BCUT2D eigenvalue weighted by molar-refractivity contribution is 6.35. The lowest BCUT2D eigenvalue weighted by Gasteiger charge is -2.36. The van der Waals surface area contributed by atoms with Crippen LogP contribution in [0.25, 0.3) is 0 Å². The van der Waals surface area contributed by atoms with E-state index in [0.29, 0.717) is 13.1 Å². The number of piperazine rings is 1. The van der Waals surface area contributed by atoms with Gasteiger partial charge in [0.25, 0.3) is 0 Å². The lowest BCUT2D eigenvalue weighted by molar-refractivity contribution is -0.139. The molecule has 0 radical (unpaired) electrons. The van der Waals surface area contributed by atoms with Gasteiger partial charge in [0, 0.05) is 65.4 Å². The van der Waals surface area contributed by atoms with E-state index in [1.807, 2.05) is 18.2 Å². The number of carbonyl (C=O) groups is 2. The van der Waals surface area contributed by atoms with E-state index in [4.69, 9.17) is 9.47 Å². The maximum Gasteiger partial charge on any atom is 0.309 e. The van der Waals surface area contributed by atoms with E-state index in [0.717, 1.165) is 77.0 Å². The summed E-state index contributed by atoms with van der Waals surface area (Å²) in [5, 5.41) is 5.41. The Bertz CT molecular complexity index is 688. The van der Waals surface area contributed by atoms with Crippen LogP contribution in [0.5, 0.6) is 5.75 Å². The van der Waals surface area contributed by atoms with Gasteiger partial charge in [-0.15, -0.1) is 0 Å². The number of benzene rings is 1. The summed E-state index contributed by atoms with van der Waals surface area (Å²) >= 11 is 0. The van der Waals surface area contributed by atoms with E-state index in [1.54, 1.807) is 7.11 Å². The van der Waals surface area contributed by atoms with Gasteiger partial charge in [-0.05, 0) is 12.1 Å². The van der Waals surface area contributed by atoms with Crippen molar-refractivity contribution >= 4 is 17.5 Å². The Morgan fingerprint density at radius 2 is 1.47 bits per heavy atom. The van der Waals surface area contributed by atoms with Crippen molar-refractivity contribution < 1.29 is 19.1 Å². The highest BCUT2D eigenvalue weighted by Crippen LogP contribution is 2.28. The molecule has 0 saturated carbocycles. The summed E-state index contributed by atoms with van der Waals surface area (Å²) in [4.78, 5) is 30.7.